The summed E-state index contributed by atoms with van der Waals surface area (Å²) in [6, 6.07) is 3.33. The van der Waals surface area contributed by atoms with Crippen LogP contribution in [0.4, 0.5) is 0 Å². The fourth-order valence-corrected chi connectivity index (χ4v) is 1.40. The summed E-state index contributed by atoms with van der Waals surface area (Å²) in [5.41, 5.74) is 0.544. The van der Waals surface area contributed by atoms with E-state index in [-0.39, 0.29) is 23.2 Å². The van der Waals surface area contributed by atoms with Crippen LogP contribution in [0.25, 0.3) is 0 Å². The summed E-state index contributed by atoms with van der Waals surface area (Å²) in [6.07, 6.45) is -0.149. The number of carbonyl (C=O) groups is 1. The molecule has 0 aromatic carbocycles. The lowest BCUT2D eigenvalue weighted by molar-refractivity contribution is -0.119. The molecule has 0 aliphatic carbocycles. The quantitative estimate of drug-likeness (QED) is 0.800. The molecule has 1 atom stereocenters. The number of hydrogen-bond donors (Lipinski definition) is 0. The second kappa shape index (κ2) is 5.42. The summed E-state index contributed by atoms with van der Waals surface area (Å²) in [6.45, 7) is 1.68. The largest absolute Gasteiger partial charge is 0.480 e. The Morgan fingerprint density at radius 3 is 2.94 bits per heavy atom. The Bertz CT molecular complexity index is 442. The first-order valence-corrected chi connectivity index (χ1v) is 4.94. The summed E-state index contributed by atoms with van der Waals surface area (Å²) in [5.74, 6) is -0.435. The summed E-state index contributed by atoms with van der Waals surface area (Å²) in [4.78, 5) is 11.6. The van der Waals surface area contributed by atoms with Gasteiger partial charge in [-0.2, -0.15) is 5.26 Å². The number of ketones is 1. The molecule has 0 saturated heterocycles. The number of ether oxygens (including phenoxy) is 1. The molecule has 84 valence electrons. The van der Waals surface area contributed by atoms with Crippen LogP contribution in [0.15, 0.2) is 6.07 Å². The molecule has 16 heavy (non-hydrogen) atoms. The summed E-state index contributed by atoms with van der Waals surface area (Å²) in [7, 11) is 1.43. The molecule has 0 aliphatic heterocycles. The van der Waals surface area contributed by atoms with Crippen LogP contribution >= 0.6 is 11.6 Å². The molecule has 0 radical (unpaired) electrons. The van der Waals surface area contributed by atoms with Crippen molar-refractivity contribution >= 4 is 17.4 Å². The molecule has 1 aromatic heterocycles. The van der Waals surface area contributed by atoms with Crippen LogP contribution in [0.1, 0.15) is 24.8 Å². The molecule has 1 rings (SSSR count). The van der Waals surface area contributed by atoms with Gasteiger partial charge in [-0.15, -0.1) is 10.2 Å². The maximum Gasteiger partial charge on any atom is 0.237 e. The van der Waals surface area contributed by atoms with Gasteiger partial charge in [-0.1, -0.05) is 18.5 Å². The van der Waals surface area contributed by atoms with E-state index in [9.17, 15) is 4.79 Å². The lowest BCUT2D eigenvalue weighted by atomic mass is 9.96. The van der Waals surface area contributed by atoms with Crippen molar-refractivity contribution in [2.24, 2.45) is 0 Å². The van der Waals surface area contributed by atoms with Crippen molar-refractivity contribution in [3.63, 3.8) is 0 Å². The minimum atomic E-state index is -0.484. The second-order valence-corrected chi connectivity index (χ2v) is 3.54. The maximum atomic E-state index is 11.6. The van der Waals surface area contributed by atoms with E-state index in [0.29, 0.717) is 5.56 Å². The SMILES string of the molecule is COc1nnc(Cl)cc1C(C)C(=O)CC#N. The second-order valence-electron chi connectivity index (χ2n) is 3.15. The van der Waals surface area contributed by atoms with E-state index in [2.05, 4.69) is 10.2 Å². The van der Waals surface area contributed by atoms with Crippen molar-refractivity contribution in [2.75, 3.05) is 7.11 Å². The van der Waals surface area contributed by atoms with Gasteiger partial charge in [0, 0.05) is 11.5 Å². The minimum absolute atomic E-state index is 0.149. The molecule has 0 aliphatic rings. The Kier molecular flexibility index (Phi) is 4.20. The third-order valence-corrected chi connectivity index (χ3v) is 2.34. The number of carbonyl (C=O) groups excluding carboxylic acids is 1. The van der Waals surface area contributed by atoms with Crippen LogP contribution < -0.4 is 4.74 Å². The van der Waals surface area contributed by atoms with Crippen molar-refractivity contribution < 1.29 is 9.53 Å². The smallest absolute Gasteiger partial charge is 0.237 e. The molecule has 1 unspecified atom stereocenters. The molecule has 0 saturated carbocycles. The van der Waals surface area contributed by atoms with E-state index in [1.807, 2.05) is 6.07 Å². The molecular weight excluding hydrogens is 230 g/mol. The van der Waals surface area contributed by atoms with E-state index in [4.69, 9.17) is 21.6 Å². The maximum absolute atomic E-state index is 11.6. The normalized spacial score (nSPS) is 11.6. The first-order chi connectivity index (χ1) is 7.60. The number of nitriles is 1. The van der Waals surface area contributed by atoms with Crippen molar-refractivity contribution in [1.82, 2.24) is 10.2 Å². The molecule has 0 bridgehead atoms. The predicted molar refractivity (Wildman–Crippen MR) is 57.2 cm³/mol. The summed E-state index contributed by atoms with van der Waals surface area (Å²) >= 11 is 5.69. The van der Waals surface area contributed by atoms with Crippen molar-refractivity contribution in [2.45, 2.75) is 19.3 Å². The van der Waals surface area contributed by atoms with E-state index in [0.717, 1.165) is 0 Å². The van der Waals surface area contributed by atoms with Crippen LogP contribution in [0.3, 0.4) is 0 Å². The predicted octanol–water partition coefficient (Wildman–Crippen LogP) is 1.72. The standard InChI is InChI=1S/C10H10ClN3O2/c1-6(8(15)3-4-12)7-5-9(11)13-14-10(7)16-2/h5-6H,3H2,1-2H3. The summed E-state index contributed by atoms with van der Waals surface area (Å²) in [5, 5.41) is 16.0. The fraction of sp³-hybridized carbons (Fsp3) is 0.400. The number of methoxy groups -OCH3 is 1. The van der Waals surface area contributed by atoms with Crippen molar-refractivity contribution in [3.8, 4) is 11.9 Å². The Hall–Kier alpha value is -1.67. The van der Waals surface area contributed by atoms with Gasteiger partial charge < -0.3 is 4.74 Å². The third-order valence-electron chi connectivity index (χ3n) is 2.15. The average Bonchev–Trinajstić information content (AvgIpc) is 2.28. The van der Waals surface area contributed by atoms with Gasteiger partial charge >= 0.3 is 0 Å². The first-order valence-electron chi connectivity index (χ1n) is 4.57. The molecule has 5 nitrogen and oxygen atoms in total. The van der Waals surface area contributed by atoms with Crippen LogP contribution in [-0.2, 0) is 4.79 Å². The lowest BCUT2D eigenvalue weighted by Crippen LogP contribution is -2.10. The monoisotopic (exact) mass is 239 g/mol. The molecule has 1 aromatic rings. The van der Waals surface area contributed by atoms with Crippen molar-refractivity contribution in [1.29, 1.82) is 5.26 Å². The van der Waals surface area contributed by atoms with Gasteiger partial charge in [0.25, 0.3) is 0 Å². The zero-order valence-corrected chi connectivity index (χ0v) is 9.65. The van der Waals surface area contributed by atoms with Gasteiger partial charge in [-0.05, 0) is 6.07 Å². The van der Waals surface area contributed by atoms with E-state index < -0.39 is 5.92 Å². The number of Topliss-reactive ketones (excluding diaryl/α,β-unsaturated/α-hetero) is 1. The molecule has 0 fully saturated rings. The van der Waals surface area contributed by atoms with Crippen molar-refractivity contribution in [3.05, 3.63) is 16.8 Å². The van der Waals surface area contributed by atoms with Crippen LogP contribution in [0.2, 0.25) is 5.15 Å². The lowest BCUT2D eigenvalue weighted by Gasteiger charge is -2.11. The zero-order chi connectivity index (χ0) is 12.1. The molecule has 6 heteroatoms. The average molecular weight is 240 g/mol. The topological polar surface area (TPSA) is 75.9 Å². The van der Waals surface area contributed by atoms with E-state index >= 15 is 0 Å². The van der Waals surface area contributed by atoms with Gasteiger partial charge in [0.15, 0.2) is 10.9 Å². The number of rotatable bonds is 4. The Labute approximate surface area is 98.0 Å². The first kappa shape index (κ1) is 12.4. The third kappa shape index (κ3) is 2.67. The number of nitrogens with zero attached hydrogens (tertiary/aromatic N) is 3. The van der Waals surface area contributed by atoms with E-state index in [1.165, 1.54) is 13.2 Å². The Morgan fingerprint density at radius 2 is 2.38 bits per heavy atom. The highest BCUT2D eigenvalue weighted by Crippen LogP contribution is 2.27. The highest BCUT2D eigenvalue weighted by atomic mass is 35.5. The molecule has 1 heterocycles. The van der Waals surface area contributed by atoms with E-state index in [1.54, 1.807) is 6.92 Å². The van der Waals surface area contributed by atoms with Gasteiger partial charge in [-0.3, -0.25) is 4.79 Å². The van der Waals surface area contributed by atoms with Crippen LogP contribution in [0, 0.1) is 11.3 Å². The number of aromatic nitrogens is 2. The van der Waals surface area contributed by atoms with Crippen LogP contribution in [-0.4, -0.2) is 23.1 Å². The molecule has 0 spiro atoms. The molecule has 0 N–H and O–H groups in total. The number of halogens is 1. The summed E-state index contributed by atoms with van der Waals surface area (Å²) < 4.78 is 4.98. The Morgan fingerprint density at radius 1 is 1.69 bits per heavy atom. The van der Waals surface area contributed by atoms with Gasteiger partial charge in [0.1, 0.15) is 0 Å². The Balaban J connectivity index is 3.06. The van der Waals surface area contributed by atoms with Crippen LogP contribution in [0.5, 0.6) is 5.88 Å². The number of hydrogen-bond acceptors (Lipinski definition) is 5. The fourth-order valence-electron chi connectivity index (χ4n) is 1.24. The van der Waals surface area contributed by atoms with Gasteiger partial charge in [0.05, 0.1) is 19.6 Å². The highest BCUT2D eigenvalue weighted by Gasteiger charge is 2.20. The van der Waals surface area contributed by atoms with Gasteiger partial charge in [0.2, 0.25) is 5.88 Å². The zero-order valence-electron chi connectivity index (χ0n) is 8.90. The molecular formula is C10H10ClN3O2. The minimum Gasteiger partial charge on any atom is -0.480 e. The molecule has 0 amide bonds. The highest BCUT2D eigenvalue weighted by molar-refractivity contribution is 6.29. The van der Waals surface area contributed by atoms with Gasteiger partial charge in [-0.25, -0.2) is 0 Å².